The van der Waals surface area contributed by atoms with E-state index < -0.39 is 0 Å². The number of likely N-dealkylation sites (N-methyl/N-ethyl adjacent to an activating group) is 1. The average Bonchev–Trinajstić information content (AvgIpc) is 2.40. The highest BCUT2D eigenvalue weighted by molar-refractivity contribution is 9.10. The zero-order chi connectivity index (χ0) is 13.7. The van der Waals surface area contributed by atoms with Crippen LogP contribution in [0.5, 0.6) is 0 Å². The van der Waals surface area contributed by atoms with E-state index in [1.165, 1.54) is 11.1 Å². The summed E-state index contributed by atoms with van der Waals surface area (Å²) in [6.45, 7) is 0.900. The van der Waals surface area contributed by atoms with E-state index in [0.717, 1.165) is 16.6 Å². The molecule has 0 bridgehead atoms. The number of pyridine rings is 1. The molecule has 1 aromatic heterocycles. The lowest BCUT2D eigenvalue weighted by molar-refractivity contribution is 0.457. The topological polar surface area (TPSA) is 16.1 Å². The summed E-state index contributed by atoms with van der Waals surface area (Å²) in [6, 6.07) is 12.4. The van der Waals surface area contributed by atoms with Crippen LogP contribution in [-0.2, 0) is 0 Å². The lowest BCUT2D eigenvalue weighted by Gasteiger charge is -2.11. The number of rotatable bonds is 4. The van der Waals surface area contributed by atoms with Gasteiger partial charge in [-0.15, -0.1) is 0 Å². The number of nitrogens with zero attached hydrogens (tertiary/aromatic N) is 2. The molecule has 2 nitrogen and oxygen atoms in total. The predicted molar refractivity (Wildman–Crippen MR) is 84.0 cm³/mol. The molecule has 0 atom stereocenters. The Morgan fingerprint density at radius 2 is 2.00 bits per heavy atom. The molecule has 0 N–H and O–H groups in total. The monoisotopic (exact) mass is 316 g/mol. The van der Waals surface area contributed by atoms with Crippen molar-refractivity contribution in [2.75, 3.05) is 20.6 Å². The molecule has 1 aromatic carbocycles. The summed E-state index contributed by atoms with van der Waals surface area (Å²) in [5.41, 5.74) is 3.55. The Kier molecular flexibility index (Phi) is 4.88. The van der Waals surface area contributed by atoms with Crippen LogP contribution in [0.3, 0.4) is 0 Å². The third-order valence-electron chi connectivity index (χ3n) is 2.77. The van der Waals surface area contributed by atoms with Crippen LogP contribution in [0.25, 0.3) is 5.57 Å². The van der Waals surface area contributed by atoms with Crippen LogP contribution < -0.4 is 0 Å². The van der Waals surface area contributed by atoms with Gasteiger partial charge in [-0.1, -0.05) is 40.2 Å². The van der Waals surface area contributed by atoms with E-state index in [4.69, 9.17) is 0 Å². The van der Waals surface area contributed by atoms with E-state index in [2.05, 4.69) is 70.3 Å². The van der Waals surface area contributed by atoms with Gasteiger partial charge in [-0.3, -0.25) is 4.98 Å². The second-order valence-electron chi connectivity index (χ2n) is 4.63. The third-order valence-corrected chi connectivity index (χ3v) is 3.26. The normalized spacial score (nSPS) is 11.9. The van der Waals surface area contributed by atoms with Crippen molar-refractivity contribution >= 4 is 21.5 Å². The fourth-order valence-electron chi connectivity index (χ4n) is 1.85. The molecule has 0 aliphatic rings. The maximum atomic E-state index is 4.21. The first-order valence-electron chi connectivity index (χ1n) is 6.18. The highest BCUT2D eigenvalue weighted by atomic mass is 79.9. The minimum absolute atomic E-state index is 0.900. The number of halogens is 1. The SMILES string of the molecule is CN(C)C/C=C(/c1cccnc1)c1cccc(Br)c1. The first kappa shape index (κ1) is 14.0. The van der Waals surface area contributed by atoms with Crippen molar-refractivity contribution in [3.8, 4) is 0 Å². The van der Waals surface area contributed by atoms with Crippen LogP contribution in [0.15, 0.2) is 59.3 Å². The van der Waals surface area contributed by atoms with E-state index >= 15 is 0 Å². The van der Waals surface area contributed by atoms with Gasteiger partial charge in [-0.25, -0.2) is 0 Å². The van der Waals surface area contributed by atoms with Crippen molar-refractivity contribution < 1.29 is 0 Å². The van der Waals surface area contributed by atoms with E-state index in [0.29, 0.717) is 0 Å². The molecular formula is C16H17BrN2. The zero-order valence-corrected chi connectivity index (χ0v) is 12.8. The van der Waals surface area contributed by atoms with Gasteiger partial charge in [0.1, 0.15) is 0 Å². The van der Waals surface area contributed by atoms with Crippen molar-refractivity contribution in [1.29, 1.82) is 0 Å². The van der Waals surface area contributed by atoms with E-state index in [1.54, 1.807) is 6.20 Å². The van der Waals surface area contributed by atoms with Crippen molar-refractivity contribution in [3.63, 3.8) is 0 Å². The van der Waals surface area contributed by atoms with Crippen molar-refractivity contribution in [3.05, 3.63) is 70.5 Å². The molecule has 0 aliphatic heterocycles. The first-order valence-corrected chi connectivity index (χ1v) is 6.97. The van der Waals surface area contributed by atoms with Gasteiger partial charge in [0, 0.05) is 29.0 Å². The summed E-state index contributed by atoms with van der Waals surface area (Å²) in [5, 5.41) is 0. The molecule has 0 spiro atoms. The summed E-state index contributed by atoms with van der Waals surface area (Å²) in [5.74, 6) is 0. The summed E-state index contributed by atoms with van der Waals surface area (Å²) >= 11 is 3.53. The zero-order valence-electron chi connectivity index (χ0n) is 11.2. The van der Waals surface area contributed by atoms with Crippen LogP contribution in [0.1, 0.15) is 11.1 Å². The van der Waals surface area contributed by atoms with Crippen molar-refractivity contribution in [2.45, 2.75) is 0 Å². The molecule has 0 saturated heterocycles. The number of hydrogen-bond acceptors (Lipinski definition) is 2. The minimum Gasteiger partial charge on any atom is -0.306 e. The molecule has 0 unspecified atom stereocenters. The van der Waals surface area contributed by atoms with E-state index in [-0.39, 0.29) is 0 Å². The van der Waals surface area contributed by atoms with E-state index in [9.17, 15) is 0 Å². The molecular weight excluding hydrogens is 300 g/mol. The molecule has 19 heavy (non-hydrogen) atoms. The maximum Gasteiger partial charge on any atom is 0.0346 e. The molecule has 3 heteroatoms. The minimum atomic E-state index is 0.900. The van der Waals surface area contributed by atoms with Gasteiger partial charge >= 0.3 is 0 Å². The molecule has 0 radical (unpaired) electrons. The summed E-state index contributed by atoms with van der Waals surface area (Å²) in [7, 11) is 4.14. The second-order valence-corrected chi connectivity index (χ2v) is 5.55. The number of benzene rings is 1. The average molecular weight is 317 g/mol. The number of hydrogen-bond donors (Lipinski definition) is 0. The Morgan fingerprint density at radius 3 is 2.63 bits per heavy atom. The molecule has 0 saturated carbocycles. The summed E-state index contributed by atoms with van der Waals surface area (Å²) in [6.07, 6.45) is 5.94. The number of aromatic nitrogens is 1. The molecule has 0 aliphatic carbocycles. The van der Waals surface area contributed by atoms with Crippen LogP contribution in [0.4, 0.5) is 0 Å². The predicted octanol–water partition coefficient (Wildman–Crippen LogP) is 3.84. The maximum absolute atomic E-state index is 4.21. The van der Waals surface area contributed by atoms with Crippen LogP contribution >= 0.6 is 15.9 Å². The van der Waals surface area contributed by atoms with Gasteiger partial charge in [0.15, 0.2) is 0 Å². The Hall–Kier alpha value is -1.45. The first-order chi connectivity index (χ1) is 9.16. The summed E-state index contributed by atoms with van der Waals surface area (Å²) in [4.78, 5) is 6.36. The molecule has 2 rings (SSSR count). The highest BCUT2D eigenvalue weighted by Crippen LogP contribution is 2.25. The largest absolute Gasteiger partial charge is 0.306 e. The molecule has 2 aromatic rings. The van der Waals surface area contributed by atoms with E-state index in [1.807, 2.05) is 18.3 Å². The van der Waals surface area contributed by atoms with Gasteiger partial charge < -0.3 is 4.90 Å². The van der Waals surface area contributed by atoms with Gasteiger partial charge in [-0.05, 0) is 43.4 Å². The standard InChI is InChI=1S/C16H17BrN2/c1-19(2)10-8-16(14-6-4-9-18-12-14)13-5-3-7-15(17)11-13/h3-9,11-12H,10H2,1-2H3/b16-8+. The Labute approximate surface area is 122 Å². The molecule has 0 amide bonds. The lowest BCUT2D eigenvalue weighted by atomic mass is 9.99. The smallest absolute Gasteiger partial charge is 0.0346 e. The van der Waals surface area contributed by atoms with Crippen molar-refractivity contribution in [2.24, 2.45) is 0 Å². The van der Waals surface area contributed by atoms with Crippen LogP contribution in [0, 0.1) is 0 Å². The third kappa shape index (κ3) is 4.01. The lowest BCUT2D eigenvalue weighted by Crippen LogP contribution is -2.11. The molecule has 98 valence electrons. The Balaban J connectivity index is 2.43. The summed E-state index contributed by atoms with van der Waals surface area (Å²) < 4.78 is 1.09. The van der Waals surface area contributed by atoms with Crippen molar-refractivity contribution in [1.82, 2.24) is 9.88 Å². The fourth-order valence-corrected chi connectivity index (χ4v) is 2.25. The van der Waals surface area contributed by atoms with Crippen LogP contribution in [0.2, 0.25) is 0 Å². The van der Waals surface area contributed by atoms with Crippen LogP contribution in [-0.4, -0.2) is 30.5 Å². The Morgan fingerprint density at radius 1 is 1.21 bits per heavy atom. The quantitative estimate of drug-likeness (QED) is 0.852. The van der Waals surface area contributed by atoms with Gasteiger partial charge in [0.25, 0.3) is 0 Å². The van der Waals surface area contributed by atoms with Gasteiger partial charge in [0.2, 0.25) is 0 Å². The fraction of sp³-hybridized carbons (Fsp3) is 0.188. The second kappa shape index (κ2) is 6.64. The Bertz CT molecular complexity index is 562. The van der Waals surface area contributed by atoms with Gasteiger partial charge in [-0.2, -0.15) is 0 Å². The highest BCUT2D eigenvalue weighted by Gasteiger charge is 2.05. The molecule has 0 fully saturated rings. The molecule has 1 heterocycles. The van der Waals surface area contributed by atoms with Gasteiger partial charge in [0.05, 0.1) is 0 Å².